The largest absolute Gasteiger partial charge is 0.494 e. The van der Waals surface area contributed by atoms with Gasteiger partial charge in [0.2, 0.25) is 0 Å². The van der Waals surface area contributed by atoms with Gasteiger partial charge in [0.15, 0.2) is 0 Å². The average Bonchev–Trinajstić information content (AvgIpc) is 2.54. The summed E-state index contributed by atoms with van der Waals surface area (Å²) in [7, 11) is 1.35. The van der Waals surface area contributed by atoms with Crippen LogP contribution in [0.4, 0.5) is 20.6 Å². The minimum Gasteiger partial charge on any atom is -0.494 e. The molecule has 0 atom stereocenters. The zero-order valence-corrected chi connectivity index (χ0v) is 12.2. The Morgan fingerprint density at radius 1 is 1.26 bits per heavy atom. The number of nitro groups is 1. The van der Waals surface area contributed by atoms with Crippen LogP contribution >= 0.6 is 0 Å². The summed E-state index contributed by atoms with van der Waals surface area (Å²) in [5.41, 5.74) is 0.894. The van der Waals surface area contributed by atoms with E-state index in [-0.39, 0.29) is 23.8 Å². The first-order valence-electron chi connectivity index (χ1n) is 6.61. The predicted molar refractivity (Wildman–Crippen MR) is 81.9 cm³/mol. The van der Waals surface area contributed by atoms with Crippen LogP contribution in [-0.2, 0) is 6.54 Å². The molecule has 120 valence electrons. The molecule has 0 aromatic heterocycles. The first-order valence-corrected chi connectivity index (χ1v) is 6.61. The minimum atomic E-state index is -0.555. The van der Waals surface area contributed by atoms with Crippen molar-refractivity contribution in [1.29, 1.82) is 0 Å². The number of hydrogen-bond donors (Lipinski definition) is 2. The third kappa shape index (κ3) is 4.40. The second-order valence-electron chi connectivity index (χ2n) is 4.58. The number of benzene rings is 2. The Morgan fingerprint density at radius 2 is 1.96 bits per heavy atom. The fraction of sp³-hybridized carbons (Fsp3) is 0.133. The Morgan fingerprint density at radius 3 is 2.57 bits per heavy atom. The molecule has 2 aromatic rings. The van der Waals surface area contributed by atoms with Crippen LogP contribution in [0.2, 0.25) is 0 Å². The van der Waals surface area contributed by atoms with Gasteiger partial charge in [-0.1, -0.05) is 12.1 Å². The van der Waals surface area contributed by atoms with E-state index < -0.39 is 11.0 Å². The summed E-state index contributed by atoms with van der Waals surface area (Å²) in [6.45, 7) is 0.210. The molecule has 0 heterocycles. The molecule has 0 saturated carbocycles. The molecule has 0 radical (unpaired) electrons. The number of carbonyl (C=O) groups is 1. The van der Waals surface area contributed by atoms with Crippen molar-refractivity contribution in [2.75, 3.05) is 12.4 Å². The highest BCUT2D eigenvalue weighted by Gasteiger charge is 2.13. The molecule has 0 fully saturated rings. The van der Waals surface area contributed by atoms with Gasteiger partial charge in [0.05, 0.1) is 23.8 Å². The van der Waals surface area contributed by atoms with Crippen LogP contribution in [0.15, 0.2) is 42.5 Å². The summed E-state index contributed by atoms with van der Waals surface area (Å²) in [5, 5.41) is 15.8. The van der Waals surface area contributed by atoms with Crippen molar-refractivity contribution in [2.45, 2.75) is 6.54 Å². The smallest absolute Gasteiger partial charge is 0.319 e. The lowest BCUT2D eigenvalue weighted by atomic mass is 10.2. The quantitative estimate of drug-likeness (QED) is 0.654. The Hall–Kier alpha value is -3.16. The van der Waals surface area contributed by atoms with Crippen molar-refractivity contribution in [3.63, 3.8) is 0 Å². The maximum atomic E-state index is 12.8. The van der Waals surface area contributed by atoms with Gasteiger partial charge in [0, 0.05) is 12.6 Å². The number of ether oxygens (including phenoxy) is 1. The van der Waals surface area contributed by atoms with Crippen LogP contribution in [0, 0.1) is 15.9 Å². The molecule has 2 amide bonds. The molecule has 2 rings (SSSR count). The van der Waals surface area contributed by atoms with Gasteiger partial charge in [-0.25, -0.2) is 9.18 Å². The van der Waals surface area contributed by atoms with Crippen LogP contribution in [0.1, 0.15) is 5.56 Å². The van der Waals surface area contributed by atoms with Crippen molar-refractivity contribution in [2.24, 2.45) is 0 Å². The Labute approximate surface area is 131 Å². The third-order valence-electron chi connectivity index (χ3n) is 3.01. The number of hydrogen-bond acceptors (Lipinski definition) is 4. The Balaban J connectivity index is 1.99. The molecule has 2 N–H and O–H groups in total. The molecule has 0 spiro atoms. The van der Waals surface area contributed by atoms with Gasteiger partial charge >= 0.3 is 6.03 Å². The van der Waals surface area contributed by atoms with Gasteiger partial charge in [0.25, 0.3) is 5.69 Å². The van der Waals surface area contributed by atoms with E-state index >= 15 is 0 Å². The average molecular weight is 319 g/mol. The summed E-state index contributed by atoms with van der Waals surface area (Å²) in [6.07, 6.45) is 0. The van der Waals surface area contributed by atoms with E-state index in [9.17, 15) is 19.3 Å². The van der Waals surface area contributed by atoms with Gasteiger partial charge in [-0.05, 0) is 23.8 Å². The van der Waals surface area contributed by atoms with E-state index in [0.29, 0.717) is 5.69 Å². The molecule has 7 nitrogen and oxygen atoms in total. The lowest BCUT2D eigenvalue weighted by Gasteiger charge is -2.11. The number of halogens is 1. The lowest BCUT2D eigenvalue weighted by Crippen LogP contribution is -2.28. The molecule has 0 bridgehead atoms. The van der Waals surface area contributed by atoms with Crippen molar-refractivity contribution in [1.82, 2.24) is 5.32 Å². The normalized spacial score (nSPS) is 10.0. The number of rotatable bonds is 5. The maximum Gasteiger partial charge on any atom is 0.319 e. The van der Waals surface area contributed by atoms with E-state index in [2.05, 4.69) is 10.6 Å². The van der Waals surface area contributed by atoms with Gasteiger partial charge in [-0.3, -0.25) is 10.1 Å². The molecule has 2 aromatic carbocycles. The van der Waals surface area contributed by atoms with Crippen LogP contribution < -0.4 is 15.4 Å². The SMILES string of the molecule is COc1cc([N+](=O)[O-])ccc1NC(=O)NCc1ccc(F)cc1. The Bertz CT molecular complexity index is 719. The molecule has 0 aliphatic carbocycles. The third-order valence-corrected chi connectivity index (χ3v) is 3.01. The molecule has 8 heteroatoms. The molecule has 0 aliphatic heterocycles. The van der Waals surface area contributed by atoms with Gasteiger partial charge in [0.1, 0.15) is 11.6 Å². The second kappa shape index (κ2) is 7.21. The summed E-state index contributed by atoms with van der Waals surface area (Å²) in [6, 6.07) is 9.07. The number of urea groups is 1. The summed E-state index contributed by atoms with van der Waals surface area (Å²) >= 11 is 0. The highest BCUT2D eigenvalue weighted by atomic mass is 19.1. The van der Waals surface area contributed by atoms with Crippen molar-refractivity contribution in [3.05, 3.63) is 64.0 Å². The van der Waals surface area contributed by atoms with E-state index in [1.54, 1.807) is 12.1 Å². The van der Waals surface area contributed by atoms with E-state index in [4.69, 9.17) is 4.74 Å². The summed E-state index contributed by atoms with van der Waals surface area (Å²) in [4.78, 5) is 22.0. The van der Waals surface area contributed by atoms with E-state index in [1.807, 2.05) is 0 Å². The van der Waals surface area contributed by atoms with Gasteiger partial charge in [-0.2, -0.15) is 0 Å². The topological polar surface area (TPSA) is 93.5 Å². The molecular formula is C15H14FN3O4. The van der Waals surface area contributed by atoms with Crippen LogP contribution in [0.5, 0.6) is 5.75 Å². The first-order chi connectivity index (χ1) is 11.0. The number of anilines is 1. The molecular weight excluding hydrogens is 305 g/mol. The van der Waals surface area contributed by atoms with Crippen molar-refractivity contribution >= 4 is 17.4 Å². The standard InChI is InChI=1S/C15H14FN3O4/c1-23-14-8-12(19(21)22)6-7-13(14)18-15(20)17-9-10-2-4-11(16)5-3-10/h2-8H,9H2,1H3,(H2,17,18,20). The van der Waals surface area contributed by atoms with Crippen molar-refractivity contribution < 1.29 is 18.8 Å². The first kappa shape index (κ1) is 16.2. The fourth-order valence-electron chi connectivity index (χ4n) is 1.85. The summed E-state index contributed by atoms with van der Waals surface area (Å²) < 4.78 is 17.8. The van der Waals surface area contributed by atoms with Crippen LogP contribution in [0.25, 0.3) is 0 Å². The number of non-ortho nitro benzene ring substituents is 1. The predicted octanol–water partition coefficient (Wildman–Crippen LogP) is 3.06. The number of nitro benzene ring substituents is 1. The number of amides is 2. The van der Waals surface area contributed by atoms with E-state index in [1.165, 1.54) is 37.4 Å². The number of nitrogens with zero attached hydrogens (tertiary/aromatic N) is 1. The lowest BCUT2D eigenvalue weighted by molar-refractivity contribution is -0.384. The maximum absolute atomic E-state index is 12.8. The highest BCUT2D eigenvalue weighted by Crippen LogP contribution is 2.28. The van der Waals surface area contributed by atoms with Gasteiger partial charge < -0.3 is 15.4 Å². The zero-order chi connectivity index (χ0) is 16.8. The van der Waals surface area contributed by atoms with E-state index in [0.717, 1.165) is 5.56 Å². The second-order valence-corrected chi connectivity index (χ2v) is 4.58. The number of methoxy groups -OCH3 is 1. The van der Waals surface area contributed by atoms with Gasteiger partial charge in [-0.15, -0.1) is 0 Å². The minimum absolute atomic E-state index is 0.140. The molecule has 23 heavy (non-hydrogen) atoms. The monoisotopic (exact) mass is 319 g/mol. The number of carbonyl (C=O) groups excluding carboxylic acids is 1. The zero-order valence-electron chi connectivity index (χ0n) is 12.2. The fourth-order valence-corrected chi connectivity index (χ4v) is 1.85. The summed E-state index contributed by atoms with van der Waals surface area (Å²) in [5.74, 6) is -0.176. The van der Waals surface area contributed by atoms with Crippen LogP contribution in [0.3, 0.4) is 0 Å². The number of nitrogens with one attached hydrogen (secondary N) is 2. The molecule has 0 unspecified atom stereocenters. The molecule has 0 aliphatic rings. The van der Waals surface area contributed by atoms with Crippen LogP contribution in [-0.4, -0.2) is 18.1 Å². The Kier molecular flexibility index (Phi) is 5.08. The highest BCUT2D eigenvalue weighted by molar-refractivity contribution is 5.91. The molecule has 0 saturated heterocycles. The van der Waals surface area contributed by atoms with Crippen molar-refractivity contribution in [3.8, 4) is 5.75 Å².